The predicted molar refractivity (Wildman–Crippen MR) is 87.8 cm³/mol. The van der Waals surface area contributed by atoms with Crippen molar-refractivity contribution in [3.05, 3.63) is 29.3 Å². The van der Waals surface area contributed by atoms with Crippen molar-refractivity contribution in [3.8, 4) is 6.07 Å². The lowest BCUT2D eigenvalue weighted by atomic mass is 9.65. The Morgan fingerprint density at radius 3 is 2.82 bits per heavy atom. The van der Waals surface area contributed by atoms with E-state index in [0.717, 1.165) is 12.1 Å². The minimum Gasteiger partial charge on any atom is -0.390 e. The lowest BCUT2D eigenvalue weighted by Gasteiger charge is -2.43. The Labute approximate surface area is 158 Å². The quantitative estimate of drug-likeness (QED) is 0.790. The van der Waals surface area contributed by atoms with Crippen molar-refractivity contribution in [2.75, 3.05) is 11.5 Å². The Balaban J connectivity index is 1.62. The molecule has 4 fully saturated rings. The van der Waals surface area contributed by atoms with Crippen molar-refractivity contribution in [2.24, 2.45) is 11.8 Å². The molecule has 6 atom stereocenters. The number of hydrogen-bond donors (Lipinski definition) is 1. The number of fused-ring (bicyclic) bond motifs is 2. The fourth-order valence-corrected chi connectivity index (χ4v) is 5.69. The molecule has 4 heterocycles. The fourth-order valence-electron chi connectivity index (χ4n) is 5.69. The molecule has 0 radical (unpaired) electrons. The van der Waals surface area contributed by atoms with E-state index in [4.69, 9.17) is 14.7 Å². The second-order valence-corrected chi connectivity index (χ2v) is 8.15. The fraction of sp³-hybridized carbons (Fsp3) is 0.579. The summed E-state index contributed by atoms with van der Waals surface area (Å²) in [6, 6.07) is 4.77. The first-order chi connectivity index (χ1) is 13.1. The Hall–Kier alpha value is -2.15. The molecule has 1 amide bonds. The molecule has 1 spiro atoms. The van der Waals surface area contributed by atoms with Gasteiger partial charge in [0.05, 0.1) is 47.3 Å². The van der Waals surface area contributed by atoms with Gasteiger partial charge >= 0.3 is 6.18 Å². The van der Waals surface area contributed by atoms with Gasteiger partial charge in [0.1, 0.15) is 11.8 Å². The molecule has 0 unspecified atom stereocenters. The minimum absolute atomic E-state index is 0.0327. The number of benzene rings is 1. The van der Waals surface area contributed by atoms with Gasteiger partial charge in [-0.1, -0.05) is 0 Å². The number of rotatable bonds is 1. The van der Waals surface area contributed by atoms with Crippen molar-refractivity contribution in [1.82, 2.24) is 0 Å². The van der Waals surface area contributed by atoms with E-state index in [1.54, 1.807) is 13.0 Å². The first-order valence-corrected chi connectivity index (χ1v) is 9.07. The summed E-state index contributed by atoms with van der Waals surface area (Å²) in [5, 5.41) is 19.6. The molecule has 148 valence electrons. The van der Waals surface area contributed by atoms with Gasteiger partial charge in [0.2, 0.25) is 5.91 Å². The highest BCUT2D eigenvalue weighted by Gasteiger charge is 2.78. The van der Waals surface area contributed by atoms with E-state index in [1.807, 2.05) is 0 Å². The van der Waals surface area contributed by atoms with Crippen LogP contribution in [0.1, 0.15) is 30.9 Å². The van der Waals surface area contributed by atoms with Crippen LogP contribution in [0.3, 0.4) is 0 Å². The lowest BCUT2D eigenvalue weighted by Crippen LogP contribution is -2.56. The number of ether oxygens (including phenoxy) is 2. The molecule has 28 heavy (non-hydrogen) atoms. The lowest BCUT2D eigenvalue weighted by molar-refractivity contribution is -0.163. The van der Waals surface area contributed by atoms with E-state index < -0.39 is 52.7 Å². The summed E-state index contributed by atoms with van der Waals surface area (Å²) in [5.74, 6) is -1.41. The Morgan fingerprint density at radius 1 is 1.39 bits per heavy atom. The summed E-state index contributed by atoms with van der Waals surface area (Å²) in [5.41, 5.74) is -3.35. The van der Waals surface area contributed by atoms with Gasteiger partial charge in [-0.2, -0.15) is 18.4 Å². The van der Waals surface area contributed by atoms with E-state index in [-0.39, 0.29) is 18.2 Å². The van der Waals surface area contributed by atoms with Crippen LogP contribution in [0.25, 0.3) is 0 Å². The molecule has 6 nitrogen and oxygen atoms in total. The molecule has 4 saturated heterocycles. The molecule has 2 bridgehead atoms. The number of anilines is 1. The van der Waals surface area contributed by atoms with Crippen LogP contribution in [-0.4, -0.2) is 41.2 Å². The maximum atomic E-state index is 13.4. The monoisotopic (exact) mass is 394 g/mol. The molecule has 1 aromatic carbocycles. The van der Waals surface area contributed by atoms with Crippen LogP contribution in [0.15, 0.2) is 18.2 Å². The second kappa shape index (κ2) is 5.26. The topological polar surface area (TPSA) is 82.8 Å². The maximum absolute atomic E-state index is 13.4. The predicted octanol–water partition coefficient (Wildman–Crippen LogP) is 2.19. The van der Waals surface area contributed by atoms with E-state index in [1.165, 1.54) is 11.0 Å². The largest absolute Gasteiger partial charge is 0.417 e. The summed E-state index contributed by atoms with van der Waals surface area (Å²) in [4.78, 5) is 14.5. The highest BCUT2D eigenvalue weighted by Crippen LogP contribution is 2.65. The number of aliphatic hydroxyl groups is 1. The van der Waals surface area contributed by atoms with Gasteiger partial charge in [0.15, 0.2) is 0 Å². The second-order valence-electron chi connectivity index (χ2n) is 8.15. The number of nitrogens with zero attached hydrogens (tertiary/aromatic N) is 2. The molecule has 4 aliphatic rings. The highest BCUT2D eigenvalue weighted by molar-refractivity contribution is 6.00. The summed E-state index contributed by atoms with van der Waals surface area (Å²) in [6.45, 7) is 2.00. The molecule has 1 N–H and O–H groups in total. The van der Waals surface area contributed by atoms with Gasteiger partial charge in [-0.05, 0) is 25.1 Å². The first kappa shape index (κ1) is 17.9. The van der Waals surface area contributed by atoms with Crippen LogP contribution in [0.2, 0.25) is 0 Å². The molecular weight excluding hydrogens is 377 g/mol. The van der Waals surface area contributed by atoms with Crippen molar-refractivity contribution in [3.63, 3.8) is 0 Å². The van der Waals surface area contributed by atoms with E-state index >= 15 is 0 Å². The molecular formula is C19H17F3N2O4. The summed E-state index contributed by atoms with van der Waals surface area (Å²) in [7, 11) is 0. The molecule has 0 aromatic heterocycles. The van der Waals surface area contributed by atoms with Gasteiger partial charge in [-0.3, -0.25) is 9.69 Å². The van der Waals surface area contributed by atoms with Crippen LogP contribution in [0.5, 0.6) is 0 Å². The van der Waals surface area contributed by atoms with Gasteiger partial charge in [-0.15, -0.1) is 0 Å². The number of hydrogen-bond acceptors (Lipinski definition) is 5. The third-order valence-corrected chi connectivity index (χ3v) is 6.72. The number of aliphatic hydroxyl groups excluding tert-OH is 1. The third-order valence-electron chi connectivity index (χ3n) is 6.72. The van der Waals surface area contributed by atoms with Crippen molar-refractivity contribution in [1.29, 1.82) is 5.26 Å². The minimum atomic E-state index is -4.72. The number of nitriles is 1. The summed E-state index contributed by atoms with van der Waals surface area (Å²) in [6.07, 6.45) is -5.54. The number of amides is 1. The highest BCUT2D eigenvalue weighted by atomic mass is 19.4. The van der Waals surface area contributed by atoms with Crippen LogP contribution in [0.4, 0.5) is 18.9 Å². The normalized spacial score (nSPS) is 41.3. The molecule has 4 aliphatic heterocycles. The van der Waals surface area contributed by atoms with Gasteiger partial charge in [-0.25, -0.2) is 0 Å². The molecule has 0 saturated carbocycles. The zero-order chi connectivity index (χ0) is 20.1. The Kier molecular flexibility index (Phi) is 3.36. The van der Waals surface area contributed by atoms with Crippen LogP contribution in [-0.2, 0) is 20.4 Å². The average Bonchev–Trinajstić information content (AvgIpc) is 3.17. The van der Waals surface area contributed by atoms with Gasteiger partial charge in [0, 0.05) is 18.5 Å². The summed E-state index contributed by atoms with van der Waals surface area (Å²) < 4.78 is 52.1. The maximum Gasteiger partial charge on any atom is 0.417 e. The third kappa shape index (κ3) is 2.00. The number of halogens is 3. The Morgan fingerprint density at radius 2 is 2.14 bits per heavy atom. The van der Waals surface area contributed by atoms with Crippen molar-refractivity contribution in [2.45, 2.75) is 49.5 Å². The van der Waals surface area contributed by atoms with E-state index in [9.17, 15) is 23.1 Å². The van der Waals surface area contributed by atoms with Crippen molar-refractivity contribution < 1.29 is 32.5 Å². The number of alkyl halides is 3. The van der Waals surface area contributed by atoms with Crippen LogP contribution in [0, 0.1) is 23.2 Å². The average molecular weight is 394 g/mol. The zero-order valence-electron chi connectivity index (χ0n) is 14.9. The SMILES string of the molecule is C[C@]12C[C@@H](O)[C@]3(CCO[C@H]4[C@@H]3[C@@H]1C(=O)N4c1ccc(C#N)c(C(F)(F)F)c1)O2. The first-order valence-electron chi connectivity index (χ1n) is 9.07. The number of carbonyl (C=O) groups excluding carboxylic acids is 1. The van der Waals surface area contributed by atoms with Gasteiger partial charge in [0.25, 0.3) is 0 Å². The molecule has 1 aromatic rings. The summed E-state index contributed by atoms with van der Waals surface area (Å²) >= 11 is 0. The zero-order valence-corrected chi connectivity index (χ0v) is 14.9. The number of carbonyl (C=O) groups is 1. The smallest absolute Gasteiger partial charge is 0.390 e. The molecule has 5 rings (SSSR count). The van der Waals surface area contributed by atoms with Gasteiger partial charge < -0.3 is 14.6 Å². The van der Waals surface area contributed by atoms with Crippen LogP contribution >= 0.6 is 0 Å². The molecule has 0 aliphatic carbocycles. The van der Waals surface area contributed by atoms with Crippen molar-refractivity contribution >= 4 is 11.6 Å². The Bertz CT molecular complexity index is 929. The van der Waals surface area contributed by atoms with E-state index in [2.05, 4.69) is 0 Å². The standard InChI is InChI=1S/C19H17F3N2O4/c1-17-7-12(25)18(28-17)4-5-27-16-14(18)13(17)15(26)24(16)10-3-2-9(8-23)11(6-10)19(20,21)22/h2-3,6,12-14,16,25H,4-5,7H2,1H3/t12-,13-,14+,16+,17+,18+/m1/s1. The van der Waals surface area contributed by atoms with E-state index in [0.29, 0.717) is 12.8 Å². The molecule has 9 heteroatoms. The van der Waals surface area contributed by atoms with Crippen LogP contribution < -0.4 is 4.90 Å².